The Hall–Kier alpha value is -1.98. The van der Waals surface area contributed by atoms with E-state index in [1.807, 2.05) is 6.92 Å². The molecule has 2 fully saturated rings. The van der Waals surface area contributed by atoms with Crippen molar-refractivity contribution in [1.82, 2.24) is 14.9 Å². The zero-order valence-electron chi connectivity index (χ0n) is 16.8. The van der Waals surface area contributed by atoms with Gasteiger partial charge >= 0.3 is 0 Å². The highest BCUT2D eigenvalue weighted by Crippen LogP contribution is 2.28. The summed E-state index contributed by atoms with van der Waals surface area (Å²) in [6.07, 6.45) is 4.67. The third-order valence-corrected chi connectivity index (χ3v) is 6.59. The number of aromatic nitrogens is 2. The highest BCUT2D eigenvalue weighted by molar-refractivity contribution is 5.41. The number of fused-ring (bicyclic) bond motifs is 1. The number of rotatable bonds is 3. The van der Waals surface area contributed by atoms with Gasteiger partial charge in [0.05, 0.1) is 12.3 Å². The first-order valence-corrected chi connectivity index (χ1v) is 10.8. The first-order chi connectivity index (χ1) is 13.8. The molecule has 2 aromatic rings. The van der Waals surface area contributed by atoms with Crippen LogP contribution in [0.3, 0.4) is 0 Å². The van der Waals surface area contributed by atoms with Crippen molar-refractivity contribution in [1.29, 1.82) is 0 Å². The molecule has 0 saturated carbocycles. The lowest BCUT2D eigenvalue weighted by Gasteiger charge is -2.27. The lowest BCUT2D eigenvalue weighted by Crippen LogP contribution is -2.39. The van der Waals surface area contributed by atoms with E-state index in [0.29, 0.717) is 12.0 Å². The Balaban J connectivity index is 1.27. The lowest BCUT2D eigenvalue weighted by atomic mass is 10.0. The van der Waals surface area contributed by atoms with E-state index in [1.54, 1.807) is 11.1 Å². The van der Waals surface area contributed by atoms with Crippen LogP contribution in [-0.2, 0) is 17.6 Å². The molecule has 0 radical (unpaired) electrons. The molecule has 0 N–H and O–H groups in total. The van der Waals surface area contributed by atoms with Crippen molar-refractivity contribution in [3.05, 3.63) is 53.0 Å². The first kappa shape index (κ1) is 18.1. The molecule has 3 aliphatic rings. The van der Waals surface area contributed by atoms with Crippen LogP contribution < -0.4 is 4.90 Å². The molecule has 5 nitrogen and oxygen atoms in total. The van der Waals surface area contributed by atoms with Gasteiger partial charge in [-0.1, -0.05) is 24.3 Å². The SMILES string of the molecule is Cc1nc([C@H]2CCOC2)cc(N2CCCN(C3Cc4ccccc4C3)CC2)n1. The van der Waals surface area contributed by atoms with Crippen molar-refractivity contribution in [3.8, 4) is 0 Å². The van der Waals surface area contributed by atoms with E-state index in [-0.39, 0.29) is 0 Å². The molecular formula is C23H30N4O. The Kier molecular flexibility index (Phi) is 5.03. The van der Waals surface area contributed by atoms with Crippen molar-refractivity contribution < 1.29 is 4.74 Å². The minimum atomic E-state index is 0.431. The molecule has 5 heteroatoms. The number of aryl methyl sites for hydroxylation is 1. The summed E-state index contributed by atoms with van der Waals surface area (Å²) in [5.74, 6) is 2.42. The number of ether oxygens (including phenoxy) is 1. The maximum Gasteiger partial charge on any atom is 0.132 e. The van der Waals surface area contributed by atoms with Crippen LogP contribution in [0, 0.1) is 6.92 Å². The van der Waals surface area contributed by atoms with E-state index in [1.165, 1.54) is 25.8 Å². The van der Waals surface area contributed by atoms with Crippen LogP contribution in [0.5, 0.6) is 0 Å². The van der Waals surface area contributed by atoms with Gasteiger partial charge in [-0.25, -0.2) is 9.97 Å². The minimum absolute atomic E-state index is 0.431. The van der Waals surface area contributed by atoms with Gasteiger partial charge in [0.1, 0.15) is 11.6 Å². The van der Waals surface area contributed by atoms with E-state index in [9.17, 15) is 0 Å². The largest absolute Gasteiger partial charge is 0.381 e. The van der Waals surface area contributed by atoms with Gasteiger partial charge in [0.15, 0.2) is 0 Å². The molecule has 2 saturated heterocycles. The number of anilines is 1. The fourth-order valence-corrected chi connectivity index (χ4v) is 5.04. The summed E-state index contributed by atoms with van der Waals surface area (Å²) >= 11 is 0. The van der Waals surface area contributed by atoms with Crippen molar-refractivity contribution in [3.63, 3.8) is 0 Å². The molecular weight excluding hydrogens is 348 g/mol. The fraction of sp³-hybridized carbons (Fsp3) is 0.565. The van der Waals surface area contributed by atoms with Gasteiger partial charge in [-0.3, -0.25) is 4.90 Å². The number of hydrogen-bond donors (Lipinski definition) is 0. The van der Waals surface area contributed by atoms with Crippen molar-refractivity contribution in [2.24, 2.45) is 0 Å². The molecule has 1 aromatic carbocycles. The Labute approximate surface area is 167 Å². The summed E-state index contributed by atoms with van der Waals surface area (Å²) in [5.41, 5.74) is 4.25. The van der Waals surface area contributed by atoms with E-state index in [0.717, 1.165) is 56.6 Å². The monoisotopic (exact) mass is 378 g/mol. The number of hydrogen-bond acceptors (Lipinski definition) is 5. The Morgan fingerprint density at radius 1 is 1.00 bits per heavy atom. The van der Waals surface area contributed by atoms with Crippen LogP contribution in [0.4, 0.5) is 5.82 Å². The van der Waals surface area contributed by atoms with Gasteiger partial charge < -0.3 is 9.64 Å². The second-order valence-electron chi connectivity index (χ2n) is 8.47. The molecule has 0 spiro atoms. The van der Waals surface area contributed by atoms with Gasteiger partial charge in [-0.05, 0) is 43.7 Å². The maximum atomic E-state index is 5.57. The van der Waals surface area contributed by atoms with Crippen molar-refractivity contribution >= 4 is 5.82 Å². The highest BCUT2D eigenvalue weighted by atomic mass is 16.5. The highest BCUT2D eigenvalue weighted by Gasteiger charge is 2.28. The zero-order chi connectivity index (χ0) is 18.9. The zero-order valence-corrected chi connectivity index (χ0v) is 16.8. The van der Waals surface area contributed by atoms with Crippen LogP contribution in [0.25, 0.3) is 0 Å². The second-order valence-corrected chi connectivity index (χ2v) is 8.47. The van der Waals surface area contributed by atoms with Gasteiger partial charge in [-0.2, -0.15) is 0 Å². The summed E-state index contributed by atoms with van der Waals surface area (Å²) in [5, 5.41) is 0. The lowest BCUT2D eigenvalue weighted by molar-refractivity contribution is 0.193. The number of nitrogens with zero attached hydrogens (tertiary/aromatic N) is 4. The average Bonchev–Trinajstić information content (AvgIpc) is 3.32. The Morgan fingerprint density at radius 2 is 1.82 bits per heavy atom. The molecule has 28 heavy (non-hydrogen) atoms. The summed E-state index contributed by atoms with van der Waals surface area (Å²) in [4.78, 5) is 14.7. The van der Waals surface area contributed by atoms with Crippen molar-refractivity contribution in [2.45, 2.75) is 44.6 Å². The average molecular weight is 379 g/mol. The maximum absolute atomic E-state index is 5.57. The van der Waals surface area contributed by atoms with Crippen LogP contribution in [0.2, 0.25) is 0 Å². The second kappa shape index (κ2) is 7.80. The van der Waals surface area contributed by atoms with E-state index in [4.69, 9.17) is 14.7 Å². The molecule has 0 bridgehead atoms. The Morgan fingerprint density at radius 3 is 2.57 bits per heavy atom. The molecule has 1 atom stereocenters. The quantitative estimate of drug-likeness (QED) is 0.821. The molecule has 0 amide bonds. The van der Waals surface area contributed by atoms with Crippen LogP contribution in [-0.4, -0.2) is 60.3 Å². The van der Waals surface area contributed by atoms with Gasteiger partial charge in [0, 0.05) is 50.8 Å². The number of benzene rings is 1. The normalized spacial score (nSPS) is 23.8. The summed E-state index contributed by atoms with van der Waals surface area (Å²) < 4.78 is 5.57. The predicted molar refractivity (Wildman–Crippen MR) is 111 cm³/mol. The van der Waals surface area contributed by atoms with Gasteiger partial charge in [-0.15, -0.1) is 0 Å². The molecule has 148 valence electrons. The van der Waals surface area contributed by atoms with Crippen molar-refractivity contribution in [2.75, 3.05) is 44.3 Å². The van der Waals surface area contributed by atoms with Crippen LogP contribution >= 0.6 is 0 Å². The molecule has 3 heterocycles. The Bertz CT molecular complexity index is 808. The van der Waals surface area contributed by atoms with Crippen LogP contribution in [0.15, 0.2) is 30.3 Å². The van der Waals surface area contributed by atoms with Gasteiger partial charge in [0.2, 0.25) is 0 Å². The first-order valence-electron chi connectivity index (χ1n) is 10.8. The van der Waals surface area contributed by atoms with Crippen LogP contribution in [0.1, 0.15) is 41.4 Å². The summed E-state index contributed by atoms with van der Waals surface area (Å²) in [6, 6.07) is 11.8. The summed E-state index contributed by atoms with van der Waals surface area (Å²) in [7, 11) is 0. The molecule has 1 aliphatic carbocycles. The summed E-state index contributed by atoms with van der Waals surface area (Å²) in [6.45, 7) is 8.09. The van der Waals surface area contributed by atoms with E-state index in [2.05, 4.69) is 40.1 Å². The third kappa shape index (κ3) is 3.65. The molecule has 1 aromatic heterocycles. The minimum Gasteiger partial charge on any atom is -0.381 e. The molecule has 2 aliphatic heterocycles. The molecule has 5 rings (SSSR count). The van der Waals surface area contributed by atoms with Gasteiger partial charge in [0.25, 0.3) is 0 Å². The fourth-order valence-electron chi connectivity index (χ4n) is 5.04. The topological polar surface area (TPSA) is 41.5 Å². The third-order valence-electron chi connectivity index (χ3n) is 6.59. The van der Waals surface area contributed by atoms with E-state index >= 15 is 0 Å². The van der Waals surface area contributed by atoms with E-state index < -0.39 is 0 Å². The standard InChI is InChI=1S/C23H30N4O/c1-17-24-22(20-7-12-28-16-20)15-23(25-17)27-9-4-8-26(10-11-27)21-13-18-5-2-3-6-19(18)14-21/h2-3,5-6,15,20-21H,4,7-14,16H2,1H3/t20-/m0/s1. The molecule has 0 unspecified atom stereocenters. The predicted octanol–water partition coefficient (Wildman–Crippen LogP) is 2.97. The smallest absolute Gasteiger partial charge is 0.132 e.